The zero-order chi connectivity index (χ0) is 18.9. The summed E-state index contributed by atoms with van der Waals surface area (Å²) < 4.78 is 15.6. The highest BCUT2D eigenvalue weighted by Gasteiger charge is 2.12. The van der Waals surface area contributed by atoms with E-state index >= 15 is 0 Å². The Morgan fingerprint density at radius 2 is 1.81 bits per heavy atom. The lowest BCUT2D eigenvalue weighted by Gasteiger charge is -2.09. The number of methoxy groups -OCH3 is 2. The van der Waals surface area contributed by atoms with Crippen LogP contribution in [0.3, 0.4) is 0 Å². The molecule has 1 heterocycles. The standard InChI is InChI=1S/C16H20N4O5S/c1-4-5-14-18-20-16(25-14)26-9-13(21)17-19-15(22)10-6-11(23-2)8-12(7-10)24-3/h6-8H,4-5,9H2,1-3H3,(H,17,21)(H,19,22). The average Bonchev–Trinajstić information content (AvgIpc) is 3.11. The summed E-state index contributed by atoms with van der Waals surface area (Å²) in [5.74, 6) is 0.592. The van der Waals surface area contributed by atoms with Gasteiger partial charge in [-0.1, -0.05) is 18.7 Å². The summed E-state index contributed by atoms with van der Waals surface area (Å²) in [6.07, 6.45) is 1.59. The van der Waals surface area contributed by atoms with E-state index in [-0.39, 0.29) is 11.3 Å². The number of hydrogen-bond donors (Lipinski definition) is 2. The lowest BCUT2D eigenvalue weighted by Crippen LogP contribution is -2.42. The van der Waals surface area contributed by atoms with Gasteiger partial charge in [0.05, 0.1) is 20.0 Å². The van der Waals surface area contributed by atoms with Crippen LogP contribution in [-0.4, -0.2) is 42.0 Å². The van der Waals surface area contributed by atoms with Crippen LogP contribution in [0, 0.1) is 0 Å². The molecule has 0 fully saturated rings. The number of thioether (sulfide) groups is 1. The van der Waals surface area contributed by atoms with Gasteiger partial charge < -0.3 is 13.9 Å². The number of amides is 2. The van der Waals surface area contributed by atoms with E-state index in [4.69, 9.17) is 13.9 Å². The second kappa shape index (κ2) is 9.66. The van der Waals surface area contributed by atoms with Gasteiger partial charge in [0.15, 0.2) is 0 Å². The second-order valence-corrected chi connectivity index (χ2v) is 6.03. The van der Waals surface area contributed by atoms with Crippen molar-refractivity contribution in [2.45, 2.75) is 25.0 Å². The molecule has 1 aromatic heterocycles. The maximum Gasteiger partial charge on any atom is 0.277 e. The Labute approximate surface area is 154 Å². The Kier molecular flexibility index (Phi) is 7.27. The van der Waals surface area contributed by atoms with Gasteiger partial charge in [0.1, 0.15) is 11.5 Å². The van der Waals surface area contributed by atoms with E-state index in [2.05, 4.69) is 21.0 Å². The normalized spacial score (nSPS) is 10.3. The number of carbonyl (C=O) groups excluding carboxylic acids is 2. The molecular formula is C16H20N4O5S. The van der Waals surface area contributed by atoms with Crippen LogP contribution in [0.25, 0.3) is 0 Å². The van der Waals surface area contributed by atoms with Crippen molar-refractivity contribution in [3.8, 4) is 11.5 Å². The van der Waals surface area contributed by atoms with Gasteiger partial charge in [-0.05, 0) is 18.6 Å². The van der Waals surface area contributed by atoms with Gasteiger partial charge in [-0.3, -0.25) is 20.4 Å². The molecule has 0 aliphatic rings. The number of nitrogens with one attached hydrogen (secondary N) is 2. The summed E-state index contributed by atoms with van der Waals surface area (Å²) in [6.45, 7) is 2.01. The molecule has 2 rings (SSSR count). The molecule has 26 heavy (non-hydrogen) atoms. The van der Waals surface area contributed by atoms with Crippen LogP contribution in [0.15, 0.2) is 27.8 Å². The van der Waals surface area contributed by atoms with Crippen molar-refractivity contribution in [1.82, 2.24) is 21.0 Å². The highest BCUT2D eigenvalue weighted by atomic mass is 32.2. The van der Waals surface area contributed by atoms with Crippen molar-refractivity contribution >= 4 is 23.6 Å². The van der Waals surface area contributed by atoms with Gasteiger partial charge >= 0.3 is 0 Å². The van der Waals surface area contributed by atoms with Crippen molar-refractivity contribution in [1.29, 1.82) is 0 Å². The van der Waals surface area contributed by atoms with Crippen molar-refractivity contribution in [3.63, 3.8) is 0 Å². The fourth-order valence-corrected chi connectivity index (χ4v) is 2.49. The summed E-state index contributed by atoms with van der Waals surface area (Å²) in [7, 11) is 2.97. The number of aryl methyl sites for hydroxylation is 1. The van der Waals surface area contributed by atoms with Crippen molar-refractivity contribution < 1.29 is 23.5 Å². The number of hydrogen-bond acceptors (Lipinski definition) is 8. The van der Waals surface area contributed by atoms with Crippen LogP contribution in [0.5, 0.6) is 11.5 Å². The van der Waals surface area contributed by atoms with Gasteiger partial charge in [0.25, 0.3) is 11.1 Å². The fourth-order valence-electron chi connectivity index (χ4n) is 1.91. The molecule has 9 nitrogen and oxygen atoms in total. The van der Waals surface area contributed by atoms with Crippen LogP contribution in [0.2, 0.25) is 0 Å². The van der Waals surface area contributed by atoms with Crippen molar-refractivity contribution in [2.75, 3.05) is 20.0 Å². The molecule has 0 bridgehead atoms. The van der Waals surface area contributed by atoms with Gasteiger partial charge in [0, 0.05) is 18.1 Å². The van der Waals surface area contributed by atoms with Crippen molar-refractivity contribution in [3.05, 3.63) is 29.7 Å². The number of nitrogens with zero attached hydrogens (tertiary/aromatic N) is 2. The Morgan fingerprint density at radius 1 is 1.12 bits per heavy atom. The average molecular weight is 380 g/mol. The third-order valence-electron chi connectivity index (χ3n) is 3.17. The summed E-state index contributed by atoms with van der Waals surface area (Å²) in [4.78, 5) is 24.0. The lowest BCUT2D eigenvalue weighted by molar-refractivity contribution is -0.119. The third-order valence-corrected chi connectivity index (χ3v) is 3.99. The Bertz CT molecular complexity index is 743. The maximum absolute atomic E-state index is 12.2. The van der Waals surface area contributed by atoms with E-state index in [1.165, 1.54) is 26.4 Å². The lowest BCUT2D eigenvalue weighted by atomic mass is 10.2. The molecular weight excluding hydrogens is 360 g/mol. The minimum Gasteiger partial charge on any atom is -0.497 e. The van der Waals surface area contributed by atoms with E-state index in [0.29, 0.717) is 29.0 Å². The number of benzene rings is 1. The number of aromatic nitrogens is 2. The Hall–Kier alpha value is -2.75. The molecule has 0 atom stereocenters. The summed E-state index contributed by atoms with van der Waals surface area (Å²) >= 11 is 1.09. The summed E-state index contributed by atoms with van der Waals surface area (Å²) in [6, 6.07) is 4.71. The van der Waals surface area contributed by atoms with E-state index < -0.39 is 11.8 Å². The van der Waals surface area contributed by atoms with Gasteiger partial charge in [-0.15, -0.1) is 10.2 Å². The number of hydrazine groups is 1. The van der Waals surface area contributed by atoms with E-state index in [1.54, 1.807) is 6.07 Å². The van der Waals surface area contributed by atoms with Gasteiger partial charge in [0.2, 0.25) is 11.8 Å². The SMILES string of the molecule is CCCc1nnc(SCC(=O)NNC(=O)c2cc(OC)cc(OC)c2)o1. The third kappa shape index (κ3) is 5.66. The first-order valence-electron chi connectivity index (χ1n) is 7.83. The smallest absolute Gasteiger partial charge is 0.277 e. The molecule has 2 amide bonds. The largest absolute Gasteiger partial charge is 0.497 e. The molecule has 0 radical (unpaired) electrons. The maximum atomic E-state index is 12.2. The highest BCUT2D eigenvalue weighted by molar-refractivity contribution is 7.99. The van der Waals surface area contributed by atoms with Crippen LogP contribution < -0.4 is 20.3 Å². The quantitative estimate of drug-likeness (QED) is 0.524. The topological polar surface area (TPSA) is 116 Å². The van der Waals surface area contributed by atoms with E-state index in [9.17, 15) is 9.59 Å². The number of ether oxygens (including phenoxy) is 2. The summed E-state index contributed by atoms with van der Waals surface area (Å²) in [5, 5.41) is 8.02. The molecule has 1 aromatic carbocycles. The minimum absolute atomic E-state index is 0.0233. The minimum atomic E-state index is -0.497. The first kappa shape index (κ1) is 19.6. The van der Waals surface area contributed by atoms with Crippen LogP contribution in [0.1, 0.15) is 29.6 Å². The molecule has 0 saturated heterocycles. The molecule has 10 heteroatoms. The summed E-state index contributed by atoms with van der Waals surface area (Å²) in [5.41, 5.74) is 4.95. The predicted octanol–water partition coefficient (Wildman–Crippen LogP) is 1.59. The Morgan fingerprint density at radius 3 is 2.42 bits per heavy atom. The molecule has 0 aliphatic heterocycles. The second-order valence-electron chi connectivity index (χ2n) is 5.10. The highest BCUT2D eigenvalue weighted by Crippen LogP contribution is 2.22. The van der Waals surface area contributed by atoms with Gasteiger partial charge in [-0.2, -0.15) is 0 Å². The fraction of sp³-hybridized carbons (Fsp3) is 0.375. The molecule has 140 valence electrons. The van der Waals surface area contributed by atoms with Crippen molar-refractivity contribution in [2.24, 2.45) is 0 Å². The molecule has 0 unspecified atom stereocenters. The van der Waals surface area contributed by atoms with Crippen LogP contribution in [-0.2, 0) is 11.2 Å². The zero-order valence-corrected chi connectivity index (χ0v) is 15.5. The monoisotopic (exact) mass is 380 g/mol. The molecule has 0 spiro atoms. The predicted molar refractivity (Wildman–Crippen MR) is 94.2 cm³/mol. The number of rotatable bonds is 8. The molecule has 2 N–H and O–H groups in total. The van der Waals surface area contributed by atoms with Gasteiger partial charge in [-0.25, -0.2) is 0 Å². The Balaban J connectivity index is 1.83. The first-order chi connectivity index (χ1) is 12.5. The molecule has 0 aliphatic carbocycles. The molecule has 0 saturated carbocycles. The first-order valence-corrected chi connectivity index (χ1v) is 8.81. The van der Waals surface area contributed by atoms with E-state index in [0.717, 1.165) is 18.2 Å². The van der Waals surface area contributed by atoms with Crippen LogP contribution >= 0.6 is 11.8 Å². The number of carbonyl (C=O) groups is 2. The van der Waals surface area contributed by atoms with Crippen LogP contribution in [0.4, 0.5) is 0 Å². The molecule has 2 aromatic rings. The zero-order valence-electron chi connectivity index (χ0n) is 14.7. The van der Waals surface area contributed by atoms with E-state index in [1.807, 2.05) is 6.92 Å².